The number of hydrogen-bond donors (Lipinski definition) is 1. The third kappa shape index (κ3) is 4.46. The molecule has 0 unspecified atom stereocenters. The van der Waals surface area contributed by atoms with Gasteiger partial charge in [0.1, 0.15) is 0 Å². The number of nitrogens with zero attached hydrogens (tertiary/aromatic N) is 3. The van der Waals surface area contributed by atoms with Crippen LogP contribution in [-0.2, 0) is 6.54 Å². The largest absolute Gasteiger partial charge is 0.370 e. The molecular formula is C16H28N4. The fraction of sp³-hybridized carbons (Fsp3) is 0.688. The van der Waals surface area contributed by atoms with Crippen molar-refractivity contribution in [3.05, 3.63) is 24.0 Å². The van der Waals surface area contributed by atoms with Gasteiger partial charge in [0.25, 0.3) is 0 Å². The molecule has 1 aliphatic rings. The van der Waals surface area contributed by atoms with Gasteiger partial charge in [-0.05, 0) is 38.5 Å². The summed E-state index contributed by atoms with van der Waals surface area (Å²) in [6, 6.07) is 2.16. The first-order valence-corrected chi connectivity index (χ1v) is 7.74. The molecule has 0 amide bonds. The van der Waals surface area contributed by atoms with Crippen LogP contribution in [0.1, 0.15) is 25.8 Å². The highest BCUT2D eigenvalue weighted by atomic mass is 15.2. The minimum atomic E-state index is 0.682. The molecule has 20 heavy (non-hydrogen) atoms. The van der Waals surface area contributed by atoms with E-state index < -0.39 is 0 Å². The van der Waals surface area contributed by atoms with Gasteiger partial charge in [0, 0.05) is 49.8 Å². The Hall–Kier alpha value is -1.13. The molecule has 4 nitrogen and oxygen atoms in total. The van der Waals surface area contributed by atoms with Gasteiger partial charge < -0.3 is 15.1 Å². The second kappa shape index (κ2) is 7.60. The lowest BCUT2D eigenvalue weighted by molar-refractivity contribution is 0.360. The van der Waals surface area contributed by atoms with Gasteiger partial charge in [-0.25, -0.2) is 0 Å². The van der Waals surface area contributed by atoms with Crippen LogP contribution in [0.15, 0.2) is 18.5 Å². The SMILES string of the molecule is CC(C)CNCc1cnccc1N1CCCN(C)CC1. The number of anilines is 1. The van der Waals surface area contributed by atoms with Crippen LogP contribution in [0.25, 0.3) is 0 Å². The van der Waals surface area contributed by atoms with E-state index >= 15 is 0 Å². The summed E-state index contributed by atoms with van der Waals surface area (Å²) in [5, 5.41) is 3.53. The van der Waals surface area contributed by atoms with Crippen LogP contribution in [0.5, 0.6) is 0 Å². The molecule has 1 saturated heterocycles. The third-order valence-electron chi connectivity index (χ3n) is 3.81. The van der Waals surface area contributed by atoms with E-state index in [4.69, 9.17) is 0 Å². The predicted octanol–water partition coefficient (Wildman–Crippen LogP) is 1.97. The molecule has 1 fully saturated rings. The van der Waals surface area contributed by atoms with Crippen molar-refractivity contribution in [2.24, 2.45) is 5.92 Å². The molecule has 1 N–H and O–H groups in total. The minimum Gasteiger partial charge on any atom is -0.370 e. The number of aromatic nitrogens is 1. The molecule has 0 saturated carbocycles. The van der Waals surface area contributed by atoms with E-state index in [-0.39, 0.29) is 0 Å². The first-order valence-electron chi connectivity index (χ1n) is 7.74. The van der Waals surface area contributed by atoms with Crippen LogP contribution in [0.2, 0.25) is 0 Å². The molecule has 0 atom stereocenters. The van der Waals surface area contributed by atoms with Crippen molar-refractivity contribution in [2.45, 2.75) is 26.8 Å². The van der Waals surface area contributed by atoms with Gasteiger partial charge in [-0.3, -0.25) is 4.98 Å². The number of nitrogens with one attached hydrogen (secondary N) is 1. The van der Waals surface area contributed by atoms with Crippen LogP contribution in [0.3, 0.4) is 0 Å². The van der Waals surface area contributed by atoms with E-state index in [1.54, 1.807) is 0 Å². The van der Waals surface area contributed by atoms with E-state index in [0.29, 0.717) is 5.92 Å². The molecule has 1 aromatic heterocycles. The van der Waals surface area contributed by atoms with Crippen LogP contribution in [-0.4, -0.2) is 49.7 Å². The predicted molar refractivity (Wildman–Crippen MR) is 85.1 cm³/mol. The van der Waals surface area contributed by atoms with E-state index in [0.717, 1.165) is 32.7 Å². The highest BCUT2D eigenvalue weighted by molar-refractivity contribution is 5.52. The maximum absolute atomic E-state index is 4.30. The molecule has 0 radical (unpaired) electrons. The number of likely N-dealkylation sites (N-methyl/N-ethyl adjacent to an activating group) is 1. The number of pyridine rings is 1. The monoisotopic (exact) mass is 276 g/mol. The highest BCUT2D eigenvalue weighted by Gasteiger charge is 2.15. The summed E-state index contributed by atoms with van der Waals surface area (Å²) >= 11 is 0. The van der Waals surface area contributed by atoms with Crippen LogP contribution >= 0.6 is 0 Å². The molecule has 2 heterocycles. The van der Waals surface area contributed by atoms with Gasteiger partial charge >= 0.3 is 0 Å². The Labute approximate surface area is 123 Å². The van der Waals surface area contributed by atoms with Crippen molar-refractivity contribution in [2.75, 3.05) is 44.7 Å². The Morgan fingerprint density at radius 2 is 2.10 bits per heavy atom. The Balaban J connectivity index is 2.02. The molecule has 0 aliphatic carbocycles. The second-order valence-electron chi connectivity index (χ2n) is 6.17. The van der Waals surface area contributed by atoms with Crippen molar-refractivity contribution in [1.29, 1.82) is 0 Å². The minimum absolute atomic E-state index is 0.682. The molecule has 0 spiro atoms. The summed E-state index contributed by atoms with van der Waals surface area (Å²) in [7, 11) is 2.21. The average Bonchev–Trinajstić information content (AvgIpc) is 2.64. The van der Waals surface area contributed by atoms with Crippen LogP contribution < -0.4 is 10.2 Å². The molecule has 1 aliphatic heterocycles. The van der Waals surface area contributed by atoms with E-state index in [1.165, 1.54) is 24.2 Å². The standard InChI is InChI=1S/C16H28N4/c1-14(2)11-18-13-15-12-17-6-5-16(15)20-8-4-7-19(3)9-10-20/h5-6,12,14,18H,4,7-11,13H2,1-3H3. The van der Waals surface area contributed by atoms with Crippen LogP contribution in [0.4, 0.5) is 5.69 Å². The molecule has 1 aromatic rings. The fourth-order valence-electron chi connectivity index (χ4n) is 2.65. The number of hydrogen-bond acceptors (Lipinski definition) is 4. The summed E-state index contributed by atoms with van der Waals surface area (Å²) in [4.78, 5) is 9.23. The Bertz CT molecular complexity index is 405. The molecule has 0 aromatic carbocycles. The lowest BCUT2D eigenvalue weighted by Gasteiger charge is -2.25. The summed E-state index contributed by atoms with van der Waals surface area (Å²) in [5.74, 6) is 0.682. The fourth-order valence-corrected chi connectivity index (χ4v) is 2.65. The lowest BCUT2D eigenvalue weighted by Crippen LogP contribution is -2.30. The molecule has 2 rings (SSSR count). The van der Waals surface area contributed by atoms with Gasteiger partial charge in [-0.2, -0.15) is 0 Å². The summed E-state index contributed by atoms with van der Waals surface area (Å²) < 4.78 is 0. The van der Waals surface area contributed by atoms with Gasteiger partial charge in [0.05, 0.1) is 0 Å². The van der Waals surface area contributed by atoms with Crippen molar-refractivity contribution >= 4 is 5.69 Å². The zero-order chi connectivity index (χ0) is 14.4. The Kier molecular flexibility index (Phi) is 5.80. The van der Waals surface area contributed by atoms with Crippen molar-refractivity contribution in [1.82, 2.24) is 15.2 Å². The van der Waals surface area contributed by atoms with Crippen molar-refractivity contribution in [3.63, 3.8) is 0 Å². The second-order valence-corrected chi connectivity index (χ2v) is 6.17. The van der Waals surface area contributed by atoms with E-state index in [2.05, 4.69) is 47.1 Å². The summed E-state index contributed by atoms with van der Waals surface area (Å²) in [6.45, 7) is 11.0. The van der Waals surface area contributed by atoms with Crippen molar-refractivity contribution in [3.8, 4) is 0 Å². The Morgan fingerprint density at radius 3 is 2.90 bits per heavy atom. The molecule has 112 valence electrons. The molecular weight excluding hydrogens is 248 g/mol. The van der Waals surface area contributed by atoms with Gasteiger partial charge in [-0.1, -0.05) is 13.8 Å². The summed E-state index contributed by atoms with van der Waals surface area (Å²) in [5.41, 5.74) is 2.67. The zero-order valence-corrected chi connectivity index (χ0v) is 13.1. The van der Waals surface area contributed by atoms with E-state index in [9.17, 15) is 0 Å². The average molecular weight is 276 g/mol. The lowest BCUT2D eigenvalue weighted by atomic mass is 10.2. The first-order chi connectivity index (χ1) is 9.66. The topological polar surface area (TPSA) is 31.4 Å². The third-order valence-corrected chi connectivity index (χ3v) is 3.81. The first kappa shape index (κ1) is 15.3. The maximum atomic E-state index is 4.30. The maximum Gasteiger partial charge on any atom is 0.0443 e. The van der Waals surface area contributed by atoms with Gasteiger partial charge in [0.2, 0.25) is 0 Å². The van der Waals surface area contributed by atoms with Gasteiger partial charge in [-0.15, -0.1) is 0 Å². The van der Waals surface area contributed by atoms with Crippen LogP contribution in [0, 0.1) is 5.92 Å². The molecule has 0 bridgehead atoms. The van der Waals surface area contributed by atoms with Gasteiger partial charge in [0.15, 0.2) is 0 Å². The summed E-state index contributed by atoms with van der Waals surface area (Å²) in [6.07, 6.45) is 5.16. The van der Waals surface area contributed by atoms with E-state index in [1.807, 2.05) is 12.4 Å². The quantitative estimate of drug-likeness (QED) is 0.891. The number of rotatable bonds is 5. The van der Waals surface area contributed by atoms with Crippen molar-refractivity contribution < 1.29 is 0 Å². The zero-order valence-electron chi connectivity index (χ0n) is 13.1. The normalized spacial score (nSPS) is 17.5. The highest BCUT2D eigenvalue weighted by Crippen LogP contribution is 2.20. The smallest absolute Gasteiger partial charge is 0.0443 e. The molecule has 4 heteroatoms. The Morgan fingerprint density at radius 1 is 1.25 bits per heavy atom.